The summed E-state index contributed by atoms with van der Waals surface area (Å²) in [4.78, 5) is 18.5. The highest BCUT2D eigenvalue weighted by atomic mass is 16.6. The fraction of sp³-hybridized carbons (Fsp3) is 0.353. The summed E-state index contributed by atoms with van der Waals surface area (Å²) < 4.78 is 11.4. The molecule has 0 amide bonds. The SMILES string of the molecule is c1nc(N2CCC[C@@H]2c2ccc3c(c2)OCCO3)c2[nH]cnc2n1. The molecule has 1 saturated heterocycles. The summed E-state index contributed by atoms with van der Waals surface area (Å²) in [5, 5.41) is 0. The first-order valence-electron chi connectivity index (χ1n) is 8.20. The smallest absolute Gasteiger partial charge is 0.182 e. The first-order chi connectivity index (χ1) is 11.9. The van der Waals surface area contributed by atoms with Gasteiger partial charge in [0, 0.05) is 6.54 Å². The number of hydrogen-bond acceptors (Lipinski definition) is 6. The molecule has 1 fully saturated rings. The summed E-state index contributed by atoms with van der Waals surface area (Å²) in [7, 11) is 0. The van der Waals surface area contributed by atoms with E-state index in [1.807, 2.05) is 6.07 Å². The van der Waals surface area contributed by atoms with E-state index in [1.165, 1.54) is 5.56 Å². The average Bonchev–Trinajstić information content (AvgIpc) is 3.30. The quantitative estimate of drug-likeness (QED) is 0.781. The van der Waals surface area contributed by atoms with Gasteiger partial charge in [0.25, 0.3) is 0 Å². The van der Waals surface area contributed by atoms with Crippen LogP contribution in [0, 0.1) is 0 Å². The maximum atomic E-state index is 5.74. The Kier molecular flexibility index (Phi) is 3.04. The second-order valence-electron chi connectivity index (χ2n) is 6.05. The second kappa shape index (κ2) is 5.36. The molecule has 0 bridgehead atoms. The Hall–Kier alpha value is -2.83. The predicted molar refractivity (Wildman–Crippen MR) is 88.4 cm³/mol. The van der Waals surface area contributed by atoms with Gasteiger partial charge in [-0.25, -0.2) is 15.0 Å². The van der Waals surface area contributed by atoms with Crippen molar-refractivity contribution in [1.29, 1.82) is 0 Å². The molecule has 0 unspecified atom stereocenters. The molecule has 0 aliphatic carbocycles. The average molecular weight is 323 g/mol. The van der Waals surface area contributed by atoms with Gasteiger partial charge in [-0.05, 0) is 30.5 Å². The number of ether oxygens (including phenoxy) is 2. The van der Waals surface area contributed by atoms with Crippen LogP contribution in [0.4, 0.5) is 5.82 Å². The number of fused-ring (bicyclic) bond motifs is 2. The third-order valence-electron chi connectivity index (χ3n) is 4.68. The summed E-state index contributed by atoms with van der Waals surface area (Å²) in [6.07, 6.45) is 5.45. The normalized spacial score (nSPS) is 19.8. The van der Waals surface area contributed by atoms with Gasteiger partial charge in [-0.3, -0.25) is 0 Å². The van der Waals surface area contributed by atoms with Gasteiger partial charge in [-0.2, -0.15) is 0 Å². The van der Waals surface area contributed by atoms with Crippen LogP contribution in [0.25, 0.3) is 11.2 Å². The van der Waals surface area contributed by atoms with Crippen molar-refractivity contribution in [3.63, 3.8) is 0 Å². The van der Waals surface area contributed by atoms with Crippen molar-refractivity contribution in [2.24, 2.45) is 0 Å². The number of H-pyrrole nitrogens is 1. The molecule has 0 radical (unpaired) electrons. The Morgan fingerprint density at radius 3 is 2.96 bits per heavy atom. The Labute approximate surface area is 138 Å². The van der Waals surface area contributed by atoms with E-state index >= 15 is 0 Å². The minimum atomic E-state index is 0.266. The molecule has 0 spiro atoms. The first kappa shape index (κ1) is 13.6. The van der Waals surface area contributed by atoms with Gasteiger partial charge in [0.2, 0.25) is 0 Å². The van der Waals surface area contributed by atoms with Crippen molar-refractivity contribution in [3.05, 3.63) is 36.4 Å². The molecule has 3 aromatic rings. The van der Waals surface area contributed by atoms with E-state index < -0.39 is 0 Å². The Morgan fingerprint density at radius 1 is 1.08 bits per heavy atom. The number of imidazole rings is 1. The molecule has 7 heteroatoms. The molecule has 122 valence electrons. The fourth-order valence-electron chi connectivity index (χ4n) is 3.60. The molecular formula is C17H17N5O2. The number of benzene rings is 1. The highest BCUT2D eigenvalue weighted by molar-refractivity contribution is 5.83. The zero-order valence-corrected chi connectivity index (χ0v) is 13.1. The monoisotopic (exact) mass is 323 g/mol. The molecule has 7 nitrogen and oxygen atoms in total. The lowest BCUT2D eigenvalue weighted by atomic mass is 10.0. The number of nitrogens with one attached hydrogen (secondary N) is 1. The lowest BCUT2D eigenvalue weighted by Crippen LogP contribution is -2.24. The zero-order valence-electron chi connectivity index (χ0n) is 13.1. The summed E-state index contributed by atoms with van der Waals surface area (Å²) in [6, 6.07) is 6.50. The van der Waals surface area contributed by atoms with Crippen LogP contribution in [0.1, 0.15) is 24.4 Å². The molecule has 1 atom stereocenters. The van der Waals surface area contributed by atoms with Crippen molar-refractivity contribution in [3.8, 4) is 11.5 Å². The van der Waals surface area contributed by atoms with Gasteiger partial charge in [-0.15, -0.1) is 0 Å². The van der Waals surface area contributed by atoms with Crippen LogP contribution in [0.3, 0.4) is 0 Å². The molecule has 4 heterocycles. The molecule has 2 aliphatic rings. The Balaban J connectivity index is 1.55. The lowest BCUT2D eigenvalue weighted by Gasteiger charge is -2.27. The number of nitrogens with zero attached hydrogens (tertiary/aromatic N) is 4. The molecule has 24 heavy (non-hydrogen) atoms. The van der Waals surface area contributed by atoms with E-state index in [2.05, 4.69) is 37.0 Å². The minimum absolute atomic E-state index is 0.266. The highest BCUT2D eigenvalue weighted by Crippen LogP contribution is 2.40. The van der Waals surface area contributed by atoms with Crippen molar-refractivity contribution in [1.82, 2.24) is 19.9 Å². The largest absolute Gasteiger partial charge is 0.486 e. The Morgan fingerprint density at radius 2 is 2.00 bits per heavy atom. The van der Waals surface area contributed by atoms with E-state index in [1.54, 1.807) is 12.7 Å². The van der Waals surface area contributed by atoms with Crippen LogP contribution >= 0.6 is 0 Å². The molecule has 0 saturated carbocycles. The van der Waals surface area contributed by atoms with E-state index in [-0.39, 0.29) is 6.04 Å². The maximum absolute atomic E-state index is 5.74. The fourth-order valence-corrected chi connectivity index (χ4v) is 3.60. The number of aromatic amines is 1. The van der Waals surface area contributed by atoms with E-state index in [4.69, 9.17) is 9.47 Å². The molecular weight excluding hydrogens is 306 g/mol. The van der Waals surface area contributed by atoms with E-state index in [0.29, 0.717) is 18.9 Å². The molecule has 2 aliphatic heterocycles. The van der Waals surface area contributed by atoms with Crippen molar-refractivity contribution in [2.45, 2.75) is 18.9 Å². The third kappa shape index (κ3) is 2.08. The van der Waals surface area contributed by atoms with Crippen molar-refractivity contribution in [2.75, 3.05) is 24.7 Å². The van der Waals surface area contributed by atoms with Crippen LogP contribution < -0.4 is 14.4 Å². The summed E-state index contributed by atoms with van der Waals surface area (Å²) in [5.74, 6) is 2.57. The van der Waals surface area contributed by atoms with Crippen LogP contribution in [-0.2, 0) is 0 Å². The minimum Gasteiger partial charge on any atom is -0.486 e. The summed E-state index contributed by atoms with van der Waals surface area (Å²) in [5.41, 5.74) is 2.82. The van der Waals surface area contributed by atoms with Gasteiger partial charge >= 0.3 is 0 Å². The Bertz CT molecular complexity index is 894. The highest BCUT2D eigenvalue weighted by Gasteiger charge is 2.30. The molecule has 5 rings (SSSR count). The maximum Gasteiger partial charge on any atom is 0.182 e. The number of hydrogen-bond donors (Lipinski definition) is 1. The third-order valence-corrected chi connectivity index (χ3v) is 4.68. The van der Waals surface area contributed by atoms with Crippen LogP contribution in [0.5, 0.6) is 11.5 Å². The topological polar surface area (TPSA) is 76.2 Å². The van der Waals surface area contributed by atoms with Gasteiger partial charge in [0.15, 0.2) is 23.0 Å². The zero-order chi connectivity index (χ0) is 15.9. The first-order valence-corrected chi connectivity index (χ1v) is 8.20. The van der Waals surface area contributed by atoms with Crippen molar-refractivity contribution >= 4 is 17.0 Å². The second-order valence-corrected chi connectivity index (χ2v) is 6.05. The number of aromatic nitrogens is 4. The number of rotatable bonds is 2. The number of anilines is 1. The summed E-state index contributed by atoms with van der Waals surface area (Å²) >= 11 is 0. The van der Waals surface area contributed by atoms with Crippen LogP contribution in [-0.4, -0.2) is 39.7 Å². The van der Waals surface area contributed by atoms with E-state index in [0.717, 1.165) is 42.2 Å². The van der Waals surface area contributed by atoms with Gasteiger partial charge in [0.05, 0.1) is 12.4 Å². The molecule has 1 aromatic carbocycles. The predicted octanol–water partition coefficient (Wildman–Crippen LogP) is 2.47. The molecule has 2 aromatic heterocycles. The van der Waals surface area contributed by atoms with E-state index in [9.17, 15) is 0 Å². The van der Waals surface area contributed by atoms with Crippen molar-refractivity contribution < 1.29 is 9.47 Å². The standard InChI is InChI=1S/C17H17N5O2/c1-2-12(11-3-4-13-14(8-11)24-7-6-23-13)22(5-1)17-15-16(19-9-18-15)20-10-21-17/h3-4,8-10,12H,1-2,5-7H2,(H,18,19,20,21)/t12-/m1/s1. The summed E-state index contributed by atoms with van der Waals surface area (Å²) in [6.45, 7) is 2.18. The lowest BCUT2D eigenvalue weighted by molar-refractivity contribution is 0.171. The molecule has 1 N–H and O–H groups in total. The van der Waals surface area contributed by atoms with Crippen LogP contribution in [0.2, 0.25) is 0 Å². The van der Waals surface area contributed by atoms with Crippen LogP contribution in [0.15, 0.2) is 30.9 Å². The van der Waals surface area contributed by atoms with Gasteiger partial charge < -0.3 is 19.4 Å². The van der Waals surface area contributed by atoms with Gasteiger partial charge in [-0.1, -0.05) is 6.07 Å². The van der Waals surface area contributed by atoms with Gasteiger partial charge in [0.1, 0.15) is 25.1 Å².